The van der Waals surface area contributed by atoms with Crippen molar-refractivity contribution in [1.82, 2.24) is 9.78 Å². The quantitative estimate of drug-likeness (QED) is 0.781. The molecule has 0 aliphatic rings. The van der Waals surface area contributed by atoms with Crippen molar-refractivity contribution in [3.8, 4) is 0 Å². The van der Waals surface area contributed by atoms with Crippen molar-refractivity contribution in [1.29, 1.82) is 0 Å². The summed E-state index contributed by atoms with van der Waals surface area (Å²) in [5.74, 6) is 0. The molecular weight excluding hydrogens is 204 g/mol. The number of carbonyl (C=O) groups is 1. The van der Waals surface area contributed by atoms with E-state index in [1.54, 1.807) is 7.05 Å². The Balaban J connectivity index is 2.39. The van der Waals surface area contributed by atoms with E-state index in [-0.39, 0.29) is 11.1 Å². The molecule has 0 amide bonds. The van der Waals surface area contributed by atoms with E-state index in [0.717, 1.165) is 5.56 Å². The molecule has 0 saturated heterocycles. The fraction of sp³-hybridized carbons (Fsp3) is 0.167. The highest BCUT2D eigenvalue weighted by Gasteiger charge is 2.11. The Bertz CT molecular complexity index is 552. The van der Waals surface area contributed by atoms with Crippen molar-refractivity contribution in [2.45, 2.75) is 6.42 Å². The van der Waals surface area contributed by atoms with Gasteiger partial charge >= 0.3 is 0 Å². The Labute approximate surface area is 92.5 Å². The third-order valence-corrected chi connectivity index (χ3v) is 2.50. The molecule has 2 rings (SSSR count). The van der Waals surface area contributed by atoms with E-state index < -0.39 is 0 Å². The van der Waals surface area contributed by atoms with Gasteiger partial charge in [-0.15, -0.1) is 0 Å². The van der Waals surface area contributed by atoms with Gasteiger partial charge in [0, 0.05) is 13.5 Å². The van der Waals surface area contributed by atoms with Crippen LogP contribution in [0.1, 0.15) is 21.6 Å². The van der Waals surface area contributed by atoms with Crippen molar-refractivity contribution in [3.63, 3.8) is 0 Å². The first-order valence-corrected chi connectivity index (χ1v) is 4.99. The van der Waals surface area contributed by atoms with Crippen LogP contribution in [0.5, 0.6) is 0 Å². The average molecular weight is 216 g/mol. The molecule has 82 valence electrons. The molecule has 1 heterocycles. The summed E-state index contributed by atoms with van der Waals surface area (Å²) in [6.45, 7) is 0. The van der Waals surface area contributed by atoms with Gasteiger partial charge in [-0.05, 0) is 5.56 Å². The number of hydrogen-bond acceptors (Lipinski definition) is 2. The smallest absolute Gasteiger partial charge is 0.277 e. The summed E-state index contributed by atoms with van der Waals surface area (Å²) < 4.78 is 1.32. The standard InChI is InChI=1S/C12H12N2O2/c1-14-12(16)10(8-15)11(13-14)7-9-5-3-2-4-6-9/h2-6,8,13H,7H2,1H3. The van der Waals surface area contributed by atoms with Crippen LogP contribution in [0.2, 0.25) is 0 Å². The minimum atomic E-state index is -0.277. The van der Waals surface area contributed by atoms with E-state index in [0.29, 0.717) is 18.4 Å². The number of H-pyrrole nitrogens is 1. The number of aryl methyl sites for hydroxylation is 1. The number of rotatable bonds is 3. The number of nitrogens with one attached hydrogen (secondary N) is 1. The zero-order valence-corrected chi connectivity index (χ0v) is 8.93. The molecule has 1 N–H and O–H groups in total. The first kappa shape index (κ1) is 10.4. The normalized spacial score (nSPS) is 10.3. The Morgan fingerprint density at radius 3 is 2.62 bits per heavy atom. The zero-order valence-electron chi connectivity index (χ0n) is 8.93. The van der Waals surface area contributed by atoms with Crippen molar-refractivity contribution in [2.24, 2.45) is 7.05 Å². The number of hydrogen-bond donors (Lipinski definition) is 1. The maximum absolute atomic E-state index is 11.5. The number of aldehydes is 1. The van der Waals surface area contributed by atoms with E-state index in [1.165, 1.54) is 4.68 Å². The monoisotopic (exact) mass is 216 g/mol. The average Bonchev–Trinajstić information content (AvgIpc) is 2.56. The molecule has 4 nitrogen and oxygen atoms in total. The van der Waals surface area contributed by atoms with E-state index >= 15 is 0 Å². The predicted molar refractivity (Wildman–Crippen MR) is 60.7 cm³/mol. The topological polar surface area (TPSA) is 54.9 Å². The summed E-state index contributed by atoms with van der Waals surface area (Å²) in [5.41, 5.74) is 1.66. The molecular formula is C12H12N2O2. The van der Waals surface area contributed by atoms with Gasteiger partial charge in [-0.2, -0.15) is 0 Å². The molecule has 4 heteroatoms. The van der Waals surface area contributed by atoms with Gasteiger partial charge in [0.2, 0.25) is 0 Å². The molecule has 0 fully saturated rings. The largest absolute Gasteiger partial charge is 0.299 e. The van der Waals surface area contributed by atoms with Gasteiger partial charge in [-0.3, -0.25) is 19.4 Å². The van der Waals surface area contributed by atoms with Gasteiger partial charge in [0.25, 0.3) is 5.56 Å². The van der Waals surface area contributed by atoms with Gasteiger partial charge in [-0.25, -0.2) is 0 Å². The van der Waals surface area contributed by atoms with Gasteiger partial charge in [0.15, 0.2) is 6.29 Å². The van der Waals surface area contributed by atoms with Crippen molar-refractivity contribution < 1.29 is 4.79 Å². The molecule has 16 heavy (non-hydrogen) atoms. The Hall–Kier alpha value is -2.10. The highest BCUT2D eigenvalue weighted by atomic mass is 16.1. The van der Waals surface area contributed by atoms with Crippen LogP contribution in [-0.4, -0.2) is 16.1 Å². The maximum atomic E-state index is 11.5. The van der Waals surface area contributed by atoms with Crippen LogP contribution in [0.25, 0.3) is 0 Å². The van der Waals surface area contributed by atoms with Crippen molar-refractivity contribution >= 4 is 6.29 Å². The fourth-order valence-electron chi connectivity index (χ4n) is 1.68. The molecule has 1 aromatic heterocycles. The lowest BCUT2D eigenvalue weighted by Crippen LogP contribution is -2.14. The lowest BCUT2D eigenvalue weighted by Gasteiger charge is -1.98. The van der Waals surface area contributed by atoms with E-state index in [4.69, 9.17) is 0 Å². The molecule has 0 unspecified atom stereocenters. The van der Waals surface area contributed by atoms with E-state index in [9.17, 15) is 9.59 Å². The van der Waals surface area contributed by atoms with Crippen molar-refractivity contribution in [3.05, 3.63) is 57.5 Å². The van der Waals surface area contributed by atoms with Crippen LogP contribution >= 0.6 is 0 Å². The minimum Gasteiger partial charge on any atom is -0.299 e. The highest BCUT2D eigenvalue weighted by molar-refractivity contribution is 5.76. The van der Waals surface area contributed by atoms with Crippen molar-refractivity contribution in [2.75, 3.05) is 0 Å². The minimum absolute atomic E-state index is 0.214. The summed E-state index contributed by atoms with van der Waals surface area (Å²) in [6, 6.07) is 9.70. The second-order valence-electron chi connectivity index (χ2n) is 3.65. The Morgan fingerprint density at radius 1 is 1.31 bits per heavy atom. The lowest BCUT2D eigenvalue weighted by atomic mass is 10.1. The van der Waals surface area contributed by atoms with Crippen LogP contribution in [0.15, 0.2) is 35.1 Å². The van der Waals surface area contributed by atoms with Crippen LogP contribution < -0.4 is 5.56 Å². The molecule has 0 aliphatic heterocycles. The molecule has 0 bridgehead atoms. The first-order chi connectivity index (χ1) is 7.72. The summed E-state index contributed by atoms with van der Waals surface area (Å²) in [4.78, 5) is 22.3. The number of carbonyl (C=O) groups excluding carboxylic acids is 1. The molecule has 0 saturated carbocycles. The maximum Gasteiger partial charge on any atom is 0.277 e. The van der Waals surface area contributed by atoms with Gasteiger partial charge in [-0.1, -0.05) is 30.3 Å². The fourth-order valence-corrected chi connectivity index (χ4v) is 1.68. The second kappa shape index (κ2) is 4.18. The SMILES string of the molecule is Cn1[nH]c(Cc2ccccc2)c(C=O)c1=O. The number of aromatic amines is 1. The number of aromatic nitrogens is 2. The lowest BCUT2D eigenvalue weighted by molar-refractivity contribution is 0.112. The van der Waals surface area contributed by atoms with Crippen LogP contribution in [0.4, 0.5) is 0 Å². The van der Waals surface area contributed by atoms with Gasteiger partial charge in [0.1, 0.15) is 5.56 Å². The number of benzene rings is 1. The molecule has 0 radical (unpaired) electrons. The Morgan fingerprint density at radius 2 is 2.00 bits per heavy atom. The third kappa shape index (κ3) is 1.82. The van der Waals surface area contributed by atoms with Crippen LogP contribution in [0, 0.1) is 0 Å². The van der Waals surface area contributed by atoms with Crippen LogP contribution in [-0.2, 0) is 13.5 Å². The predicted octanol–water partition coefficient (Wildman–Crippen LogP) is 1.12. The van der Waals surface area contributed by atoms with Crippen LogP contribution in [0.3, 0.4) is 0 Å². The molecule has 2 aromatic rings. The highest BCUT2D eigenvalue weighted by Crippen LogP contribution is 2.07. The van der Waals surface area contributed by atoms with E-state index in [1.807, 2.05) is 30.3 Å². The molecule has 1 aromatic carbocycles. The Kier molecular flexibility index (Phi) is 2.72. The first-order valence-electron chi connectivity index (χ1n) is 4.99. The van der Waals surface area contributed by atoms with E-state index in [2.05, 4.69) is 5.10 Å². The third-order valence-electron chi connectivity index (χ3n) is 2.50. The second-order valence-corrected chi connectivity index (χ2v) is 3.65. The molecule has 0 aliphatic carbocycles. The number of nitrogens with zero attached hydrogens (tertiary/aromatic N) is 1. The van der Waals surface area contributed by atoms with Gasteiger partial charge < -0.3 is 0 Å². The van der Waals surface area contributed by atoms with Gasteiger partial charge in [0.05, 0.1) is 5.69 Å². The summed E-state index contributed by atoms with van der Waals surface area (Å²) in [5, 5.41) is 2.89. The zero-order chi connectivity index (χ0) is 11.5. The molecule has 0 spiro atoms. The summed E-state index contributed by atoms with van der Waals surface area (Å²) in [7, 11) is 1.60. The summed E-state index contributed by atoms with van der Waals surface area (Å²) in [6.07, 6.45) is 1.17. The summed E-state index contributed by atoms with van der Waals surface area (Å²) >= 11 is 0. The molecule has 0 atom stereocenters.